The van der Waals surface area contributed by atoms with Crippen LogP contribution in [-0.2, 0) is 0 Å². The molecule has 4 nitrogen and oxygen atoms in total. The summed E-state index contributed by atoms with van der Waals surface area (Å²) >= 11 is 1.51. The molecule has 0 aliphatic carbocycles. The van der Waals surface area contributed by atoms with Crippen LogP contribution in [0, 0.1) is 11.6 Å². The van der Waals surface area contributed by atoms with Crippen molar-refractivity contribution in [3.63, 3.8) is 0 Å². The van der Waals surface area contributed by atoms with E-state index in [2.05, 4.69) is 15.7 Å². The second-order valence-electron chi connectivity index (χ2n) is 3.62. The molecule has 100 valence electrons. The van der Waals surface area contributed by atoms with Crippen LogP contribution in [0.1, 0.15) is 0 Å². The Labute approximate surface area is 113 Å². The van der Waals surface area contributed by atoms with E-state index in [0.717, 1.165) is 11.0 Å². The lowest BCUT2D eigenvalue weighted by atomic mass is 10.3. The predicted octanol–water partition coefficient (Wildman–Crippen LogP) is 3.11. The van der Waals surface area contributed by atoms with Gasteiger partial charge in [-0.1, -0.05) is 12.1 Å². The zero-order chi connectivity index (χ0) is 13.8. The molecule has 0 spiro atoms. The minimum Gasteiger partial charge on any atom is -0.337 e. The molecule has 19 heavy (non-hydrogen) atoms. The van der Waals surface area contributed by atoms with Gasteiger partial charge in [0.2, 0.25) is 0 Å². The monoisotopic (exact) mass is 282 g/mol. The zero-order valence-corrected chi connectivity index (χ0v) is 10.9. The van der Waals surface area contributed by atoms with Crippen LogP contribution in [0.5, 0.6) is 0 Å². The van der Waals surface area contributed by atoms with Gasteiger partial charge in [-0.3, -0.25) is 0 Å². The first kappa shape index (κ1) is 13.6. The minimum atomic E-state index is -0.844. The number of pyridine rings is 1. The maximum absolute atomic E-state index is 13.6. The third kappa shape index (κ3) is 2.94. The van der Waals surface area contributed by atoms with E-state index >= 15 is 0 Å². The van der Waals surface area contributed by atoms with Crippen molar-refractivity contribution in [3.05, 3.63) is 42.0 Å². The Bertz CT molecular complexity index is 592. The van der Waals surface area contributed by atoms with Gasteiger partial charge in [-0.15, -0.1) is 11.8 Å². The van der Waals surface area contributed by atoms with Crippen molar-refractivity contribution in [2.75, 3.05) is 17.0 Å². The second kappa shape index (κ2) is 5.85. The Morgan fingerprint density at radius 1 is 1.16 bits per heavy atom. The standard InChI is InChI=1S/C12H12F2N4S/c1-19-10-5-3-2-4-9(10)16-11-7(13)6-8(14)12(17-11)18-15/h2-6H,15H2,1H3,(H2,16,17,18). The topological polar surface area (TPSA) is 63.0 Å². The summed E-state index contributed by atoms with van der Waals surface area (Å²) in [5, 5.41) is 2.82. The molecule has 7 heteroatoms. The van der Waals surface area contributed by atoms with Gasteiger partial charge in [-0.05, 0) is 18.4 Å². The molecular formula is C12H12F2N4S. The van der Waals surface area contributed by atoms with Crippen LogP contribution in [0.15, 0.2) is 35.2 Å². The third-order valence-electron chi connectivity index (χ3n) is 2.43. The molecule has 0 aliphatic rings. The molecule has 1 heterocycles. The molecular weight excluding hydrogens is 270 g/mol. The molecule has 0 fully saturated rings. The van der Waals surface area contributed by atoms with E-state index in [9.17, 15) is 8.78 Å². The first-order chi connectivity index (χ1) is 9.15. The summed E-state index contributed by atoms with van der Waals surface area (Å²) in [7, 11) is 0. The molecule has 1 aromatic carbocycles. The largest absolute Gasteiger partial charge is 0.337 e. The van der Waals surface area contributed by atoms with Crippen molar-refractivity contribution in [1.29, 1.82) is 0 Å². The van der Waals surface area contributed by atoms with Gasteiger partial charge < -0.3 is 10.7 Å². The molecule has 0 saturated carbocycles. The van der Waals surface area contributed by atoms with Gasteiger partial charge in [0.15, 0.2) is 23.3 Å². The number of hydrogen-bond donors (Lipinski definition) is 3. The van der Waals surface area contributed by atoms with Crippen LogP contribution in [0.4, 0.5) is 26.1 Å². The first-order valence-corrected chi connectivity index (χ1v) is 6.61. The highest BCUT2D eigenvalue weighted by atomic mass is 32.2. The fourth-order valence-corrected chi connectivity index (χ4v) is 2.08. The van der Waals surface area contributed by atoms with Gasteiger partial charge in [0.25, 0.3) is 0 Å². The second-order valence-corrected chi connectivity index (χ2v) is 4.47. The number of hydrazine groups is 1. The van der Waals surface area contributed by atoms with Crippen molar-refractivity contribution < 1.29 is 8.78 Å². The summed E-state index contributed by atoms with van der Waals surface area (Å²) in [6.45, 7) is 0. The number of benzene rings is 1. The molecule has 0 unspecified atom stereocenters. The van der Waals surface area contributed by atoms with Gasteiger partial charge in [0, 0.05) is 11.0 Å². The van der Waals surface area contributed by atoms with Crippen molar-refractivity contribution in [2.45, 2.75) is 4.90 Å². The third-order valence-corrected chi connectivity index (χ3v) is 3.22. The number of nitrogen functional groups attached to an aromatic ring is 1. The number of nitrogens with two attached hydrogens (primary N) is 1. The smallest absolute Gasteiger partial charge is 0.178 e. The molecule has 0 aliphatic heterocycles. The Kier molecular flexibility index (Phi) is 4.18. The van der Waals surface area contributed by atoms with E-state index in [1.807, 2.05) is 24.5 Å². The highest BCUT2D eigenvalue weighted by molar-refractivity contribution is 7.98. The van der Waals surface area contributed by atoms with Gasteiger partial charge in [0.05, 0.1) is 5.69 Å². The number of aromatic nitrogens is 1. The van der Waals surface area contributed by atoms with E-state index < -0.39 is 11.6 Å². The molecule has 0 amide bonds. The molecule has 0 radical (unpaired) electrons. The van der Waals surface area contributed by atoms with Crippen molar-refractivity contribution in [2.24, 2.45) is 5.84 Å². The summed E-state index contributed by atoms with van der Waals surface area (Å²) in [6, 6.07) is 8.08. The quantitative estimate of drug-likeness (QED) is 0.457. The number of thioether (sulfide) groups is 1. The maximum atomic E-state index is 13.6. The number of hydrogen-bond acceptors (Lipinski definition) is 5. The SMILES string of the molecule is CSc1ccccc1Nc1nc(NN)c(F)cc1F. The Morgan fingerprint density at radius 2 is 1.84 bits per heavy atom. The van der Waals surface area contributed by atoms with Crippen molar-refractivity contribution >= 4 is 29.1 Å². The van der Waals surface area contributed by atoms with Crippen LogP contribution < -0.4 is 16.6 Å². The highest BCUT2D eigenvalue weighted by Crippen LogP contribution is 2.29. The Hall–Kier alpha value is -1.86. The summed E-state index contributed by atoms with van der Waals surface area (Å²) in [4.78, 5) is 4.68. The van der Waals surface area contributed by atoms with Crippen LogP contribution in [0.3, 0.4) is 0 Å². The fraction of sp³-hybridized carbons (Fsp3) is 0.0833. The number of nitrogens with one attached hydrogen (secondary N) is 2. The van der Waals surface area contributed by atoms with Crippen molar-refractivity contribution in [1.82, 2.24) is 4.98 Å². The van der Waals surface area contributed by atoms with Gasteiger partial charge in [-0.25, -0.2) is 19.6 Å². The number of nitrogens with zero attached hydrogens (tertiary/aromatic N) is 1. The fourth-order valence-electron chi connectivity index (χ4n) is 1.53. The van der Waals surface area contributed by atoms with Gasteiger partial charge in [-0.2, -0.15) is 0 Å². The van der Waals surface area contributed by atoms with Gasteiger partial charge >= 0.3 is 0 Å². The highest BCUT2D eigenvalue weighted by Gasteiger charge is 2.12. The minimum absolute atomic E-state index is 0.0872. The number of halogens is 2. The van der Waals surface area contributed by atoms with Crippen LogP contribution in [0.25, 0.3) is 0 Å². The summed E-state index contributed by atoms with van der Waals surface area (Å²) in [6.07, 6.45) is 1.90. The Balaban J connectivity index is 2.38. The molecule has 4 N–H and O–H groups in total. The lowest BCUT2D eigenvalue weighted by molar-refractivity contribution is 0.579. The zero-order valence-electron chi connectivity index (χ0n) is 10.1. The van der Waals surface area contributed by atoms with E-state index in [-0.39, 0.29) is 11.6 Å². The summed E-state index contributed by atoms with van der Waals surface area (Å²) < 4.78 is 26.9. The van der Waals surface area contributed by atoms with E-state index in [4.69, 9.17) is 5.84 Å². The van der Waals surface area contributed by atoms with E-state index in [0.29, 0.717) is 5.69 Å². The van der Waals surface area contributed by atoms with Crippen LogP contribution >= 0.6 is 11.8 Å². The average Bonchev–Trinajstić information content (AvgIpc) is 2.42. The molecule has 1 aromatic heterocycles. The van der Waals surface area contributed by atoms with Crippen molar-refractivity contribution in [3.8, 4) is 0 Å². The lowest BCUT2D eigenvalue weighted by Crippen LogP contribution is -2.12. The number of anilines is 3. The molecule has 0 saturated heterocycles. The van der Waals surface area contributed by atoms with E-state index in [1.54, 1.807) is 6.07 Å². The Morgan fingerprint density at radius 3 is 2.53 bits per heavy atom. The maximum Gasteiger partial charge on any atom is 0.178 e. The van der Waals surface area contributed by atoms with Gasteiger partial charge in [0.1, 0.15) is 0 Å². The molecule has 2 rings (SSSR count). The average molecular weight is 282 g/mol. The summed E-state index contributed by atoms with van der Waals surface area (Å²) in [5.74, 6) is 3.18. The van der Waals surface area contributed by atoms with Crippen LogP contribution in [0.2, 0.25) is 0 Å². The number of para-hydroxylation sites is 1. The molecule has 2 aromatic rings. The molecule has 0 atom stereocenters. The summed E-state index contributed by atoms with van der Waals surface area (Å²) in [5.41, 5.74) is 2.77. The van der Waals surface area contributed by atoms with E-state index in [1.165, 1.54) is 11.8 Å². The molecule has 0 bridgehead atoms. The lowest BCUT2D eigenvalue weighted by Gasteiger charge is -2.11. The normalized spacial score (nSPS) is 10.3. The predicted molar refractivity (Wildman–Crippen MR) is 73.5 cm³/mol. The number of rotatable bonds is 4. The van der Waals surface area contributed by atoms with Crippen LogP contribution in [-0.4, -0.2) is 11.2 Å². The first-order valence-electron chi connectivity index (χ1n) is 5.38.